The average molecular weight is 558 g/mol. The highest BCUT2D eigenvalue weighted by Crippen LogP contribution is 2.61. The zero-order valence-electron chi connectivity index (χ0n) is 21.4. The summed E-state index contributed by atoms with van der Waals surface area (Å²) in [5, 5.41) is 3.29. The molecular formula is C26H29F2N7O5. The first-order valence-corrected chi connectivity index (χ1v) is 13.5. The number of fused-ring (bicyclic) bond motifs is 6. The van der Waals surface area contributed by atoms with Crippen molar-refractivity contribution in [3.63, 3.8) is 0 Å². The van der Waals surface area contributed by atoms with Gasteiger partial charge in [0.15, 0.2) is 0 Å². The molecule has 3 fully saturated rings. The van der Waals surface area contributed by atoms with Crippen LogP contribution in [0.1, 0.15) is 35.4 Å². The third kappa shape index (κ3) is 3.50. The molecule has 40 heavy (non-hydrogen) atoms. The Morgan fingerprint density at radius 3 is 2.08 bits per heavy atom. The Morgan fingerprint density at radius 1 is 0.800 bits per heavy atom. The molecule has 7 heterocycles. The second-order valence-corrected chi connectivity index (χ2v) is 11.2. The van der Waals surface area contributed by atoms with E-state index in [1.54, 1.807) is 0 Å². The van der Waals surface area contributed by atoms with Gasteiger partial charge in [-0.3, -0.25) is 0 Å². The predicted octanol–water partition coefficient (Wildman–Crippen LogP) is 0.544. The molecule has 7 aliphatic rings. The molecular weight excluding hydrogens is 528 g/mol. The van der Waals surface area contributed by atoms with E-state index < -0.39 is 60.0 Å². The van der Waals surface area contributed by atoms with Crippen molar-refractivity contribution in [3.05, 3.63) is 47.3 Å². The summed E-state index contributed by atoms with van der Waals surface area (Å²) in [5.41, 5.74) is 12.5. The molecule has 2 aromatic heterocycles. The number of hydrogen-bond acceptors (Lipinski definition) is 12. The van der Waals surface area contributed by atoms with Crippen LogP contribution in [0.25, 0.3) is 0 Å². The lowest BCUT2D eigenvalue weighted by Crippen LogP contribution is -2.39. The van der Waals surface area contributed by atoms with E-state index in [1.807, 2.05) is 12.2 Å². The van der Waals surface area contributed by atoms with Gasteiger partial charge in [0.05, 0.1) is 47.9 Å². The summed E-state index contributed by atoms with van der Waals surface area (Å²) in [6.07, 6.45) is 0.321. The van der Waals surface area contributed by atoms with Crippen LogP contribution in [0.3, 0.4) is 0 Å². The van der Waals surface area contributed by atoms with Gasteiger partial charge >= 0.3 is 0 Å². The summed E-state index contributed by atoms with van der Waals surface area (Å²) in [6, 6.07) is 0. The monoisotopic (exact) mass is 557 g/mol. The number of nitrogens with two attached hydrogens (primary N) is 2. The minimum absolute atomic E-state index is 0.00278. The smallest absolute Gasteiger partial charge is 0.223 e. The molecule has 0 radical (unpaired) electrons. The SMILES string of the molecule is N[C@@H]1O[C@@H]2COC34C[C@H]5[C@@H](F)[C@H](N)O[C@@H]5COC5(C[C@H]2[C@H]1F)c1ncnc(c15)OC/C=C/CNc1ncnc3c14. The molecule has 0 aromatic carbocycles. The quantitative estimate of drug-likeness (QED) is 0.386. The van der Waals surface area contributed by atoms with E-state index in [0.29, 0.717) is 35.2 Å². The number of nitrogens with one attached hydrogen (secondary N) is 1. The Labute approximate surface area is 227 Å². The molecule has 2 spiro atoms. The normalized spacial score (nSPS) is 43.8. The van der Waals surface area contributed by atoms with Crippen LogP contribution in [0.15, 0.2) is 24.8 Å². The molecule has 5 aliphatic heterocycles. The molecule has 5 N–H and O–H groups in total. The van der Waals surface area contributed by atoms with Gasteiger partial charge in [0.2, 0.25) is 5.88 Å². The lowest BCUT2D eigenvalue weighted by molar-refractivity contribution is -0.111. The van der Waals surface area contributed by atoms with Gasteiger partial charge < -0.3 is 40.5 Å². The number of aromatic nitrogens is 4. The molecule has 9 rings (SSSR count). The zero-order chi connectivity index (χ0) is 27.2. The zero-order valence-corrected chi connectivity index (χ0v) is 21.4. The molecule has 2 bridgehead atoms. The van der Waals surface area contributed by atoms with Crippen molar-refractivity contribution < 1.29 is 32.5 Å². The van der Waals surface area contributed by atoms with Gasteiger partial charge in [-0.25, -0.2) is 28.7 Å². The van der Waals surface area contributed by atoms with Gasteiger partial charge in [-0.05, 0) is 18.9 Å². The molecule has 3 saturated heterocycles. The van der Waals surface area contributed by atoms with E-state index in [-0.39, 0.29) is 32.7 Å². The summed E-state index contributed by atoms with van der Waals surface area (Å²) >= 11 is 0. The Hall–Kier alpha value is -2.88. The summed E-state index contributed by atoms with van der Waals surface area (Å²) in [7, 11) is 0. The number of alkyl halides is 2. The fourth-order valence-electron chi connectivity index (χ4n) is 6.96. The maximum absolute atomic E-state index is 15.6. The molecule has 0 saturated carbocycles. The van der Waals surface area contributed by atoms with Crippen LogP contribution in [0.4, 0.5) is 14.6 Å². The lowest BCUT2D eigenvalue weighted by atomic mass is 9.88. The van der Waals surface area contributed by atoms with Crippen molar-refractivity contribution in [2.75, 3.05) is 31.7 Å². The Balaban J connectivity index is 1.26. The summed E-state index contributed by atoms with van der Waals surface area (Å²) in [5.74, 6) is -0.446. The van der Waals surface area contributed by atoms with Crippen LogP contribution >= 0.6 is 0 Å². The molecule has 12 nitrogen and oxygen atoms in total. The molecule has 212 valence electrons. The molecule has 2 aromatic rings. The van der Waals surface area contributed by atoms with Crippen molar-refractivity contribution in [1.29, 1.82) is 0 Å². The van der Waals surface area contributed by atoms with Crippen molar-refractivity contribution in [2.45, 2.75) is 61.1 Å². The van der Waals surface area contributed by atoms with Crippen molar-refractivity contribution >= 4 is 5.82 Å². The highest BCUT2D eigenvalue weighted by Gasteiger charge is 2.65. The van der Waals surface area contributed by atoms with E-state index >= 15 is 8.78 Å². The fraction of sp³-hybridized carbons (Fsp3) is 0.615. The van der Waals surface area contributed by atoms with Crippen LogP contribution in [0.5, 0.6) is 5.88 Å². The van der Waals surface area contributed by atoms with E-state index in [1.165, 1.54) is 12.7 Å². The molecule has 2 unspecified atom stereocenters. The second kappa shape index (κ2) is 8.81. The number of hydrogen-bond donors (Lipinski definition) is 3. The van der Waals surface area contributed by atoms with Crippen LogP contribution in [0.2, 0.25) is 0 Å². The van der Waals surface area contributed by atoms with E-state index in [4.69, 9.17) is 35.2 Å². The highest BCUT2D eigenvalue weighted by atomic mass is 19.1. The van der Waals surface area contributed by atoms with E-state index in [0.717, 1.165) is 5.56 Å². The summed E-state index contributed by atoms with van der Waals surface area (Å²) < 4.78 is 62.1. The van der Waals surface area contributed by atoms with Gasteiger partial charge in [0.1, 0.15) is 61.1 Å². The Morgan fingerprint density at radius 2 is 1.40 bits per heavy atom. The highest BCUT2D eigenvalue weighted by molar-refractivity contribution is 5.66. The predicted molar refractivity (Wildman–Crippen MR) is 132 cm³/mol. The Kier molecular flexibility index (Phi) is 5.48. The summed E-state index contributed by atoms with van der Waals surface area (Å²) in [4.78, 5) is 17.7. The van der Waals surface area contributed by atoms with E-state index in [9.17, 15) is 0 Å². The first kappa shape index (κ1) is 24.9. The minimum Gasteiger partial charge on any atom is -0.473 e. The second-order valence-electron chi connectivity index (χ2n) is 11.2. The van der Waals surface area contributed by atoms with Crippen LogP contribution in [-0.4, -0.2) is 83.3 Å². The molecule has 10 atom stereocenters. The number of rotatable bonds is 0. The largest absolute Gasteiger partial charge is 0.473 e. The summed E-state index contributed by atoms with van der Waals surface area (Å²) in [6.45, 7) is 0.681. The third-order valence-electron chi connectivity index (χ3n) is 9.08. The molecule has 0 amide bonds. The van der Waals surface area contributed by atoms with Crippen LogP contribution in [0, 0.1) is 11.8 Å². The Bertz CT molecular complexity index is 1290. The van der Waals surface area contributed by atoms with Gasteiger partial charge in [-0.1, -0.05) is 6.08 Å². The first-order valence-electron chi connectivity index (χ1n) is 13.5. The van der Waals surface area contributed by atoms with Gasteiger partial charge in [0, 0.05) is 18.4 Å². The average Bonchev–Trinajstić information content (AvgIpc) is 3.74. The van der Waals surface area contributed by atoms with Gasteiger partial charge in [0.25, 0.3) is 0 Å². The van der Waals surface area contributed by atoms with Crippen LogP contribution in [-0.2, 0) is 30.1 Å². The fourth-order valence-corrected chi connectivity index (χ4v) is 6.96. The van der Waals surface area contributed by atoms with Crippen molar-refractivity contribution in [3.8, 4) is 5.88 Å². The standard InChI is InChI=1S/C26H29F2N7O5/c27-17-11-5-25-15-19(25)32-9-34-23(15)31-3-1-2-4-36-24-16-20(33-10-35-24)26(16,38-8-14(11)40-21(17)29)6-12-13(7-37-25)39-22(30)18(12)28/h1-2,9-14,17-18,21-22H,3-8,29-30H2,(H,31,32,34)/b2-1+/t11-,12-,13-,14-,17-,18-,21-,22-,25?,26?/m1/s1. The van der Waals surface area contributed by atoms with Crippen molar-refractivity contribution in [2.24, 2.45) is 23.3 Å². The molecule has 2 aliphatic carbocycles. The first-order chi connectivity index (χ1) is 19.4. The lowest BCUT2D eigenvalue weighted by Gasteiger charge is -2.31. The van der Waals surface area contributed by atoms with Crippen molar-refractivity contribution in [1.82, 2.24) is 19.9 Å². The third-order valence-corrected chi connectivity index (χ3v) is 9.08. The number of ether oxygens (including phenoxy) is 5. The van der Waals surface area contributed by atoms with Gasteiger partial charge in [-0.2, -0.15) is 0 Å². The van der Waals surface area contributed by atoms with E-state index in [2.05, 4.69) is 25.3 Å². The number of anilines is 1. The minimum atomic E-state index is -1.48. The topological polar surface area (TPSA) is 162 Å². The number of halogens is 2. The van der Waals surface area contributed by atoms with Crippen LogP contribution < -0.4 is 21.5 Å². The maximum atomic E-state index is 15.6. The number of nitrogens with zero attached hydrogens (tertiary/aromatic N) is 4. The van der Waals surface area contributed by atoms with Gasteiger partial charge in [-0.15, -0.1) is 0 Å². The molecule has 14 heteroatoms. The maximum Gasteiger partial charge on any atom is 0.223 e.